The number of para-hydroxylation sites is 1. The SMILES string of the molecule is CC1CCc2ccccc2N1c1cccc(F)c1CCl. The Morgan fingerprint density at radius 3 is 2.70 bits per heavy atom. The summed E-state index contributed by atoms with van der Waals surface area (Å²) in [5.41, 5.74) is 3.95. The molecule has 0 radical (unpaired) electrons. The van der Waals surface area contributed by atoms with Crippen molar-refractivity contribution >= 4 is 23.0 Å². The standard InChI is InChI=1S/C17H17ClFN/c1-12-9-10-13-5-2-3-7-16(13)20(12)17-8-4-6-15(19)14(17)11-18/h2-8,12H,9-11H2,1H3. The molecular weight excluding hydrogens is 273 g/mol. The number of fused-ring (bicyclic) bond motifs is 1. The molecule has 0 fully saturated rings. The second-order valence-corrected chi connectivity index (χ2v) is 5.52. The average molecular weight is 290 g/mol. The smallest absolute Gasteiger partial charge is 0.129 e. The molecule has 3 heteroatoms. The number of nitrogens with zero attached hydrogens (tertiary/aromatic N) is 1. The molecule has 1 nitrogen and oxygen atoms in total. The summed E-state index contributed by atoms with van der Waals surface area (Å²) < 4.78 is 14.0. The van der Waals surface area contributed by atoms with Crippen molar-refractivity contribution in [1.29, 1.82) is 0 Å². The van der Waals surface area contributed by atoms with Crippen LogP contribution in [0.2, 0.25) is 0 Å². The van der Waals surface area contributed by atoms with Gasteiger partial charge in [0.25, 0.3) is 0 Å². The van der Waals surface area contributed by atoms with E-state index in [2.05, 4.69) is 30.0 Å². The van der Waals surface area contributed by atoms with E-state index in [-0.39, 0.29) is 11.7 Å². The third-order valence-electron chi connectivity index (χ3n) is 4.01. The largest absolute Gasteiger partial charge is 0.338 e. The number of anilines is 2. The van der Waals surface area contributed by atoms with Gasteiger partial charge in [-0.25, -0.2) is 4.39 Å². The highest BCUT2D eigenvalue weighted by molar-refractivity contribution is 6.17. The molecule has 0 aromatic heterocycles. The Labute approximate surface area is 124 Å². The fraction of sp³-hybridized carbons (Fsp3) is 0.294. The predicted octanol–water partition coefficient (Wildman–Crippen LogP) is 5.04. The lowest BCUT2D eigenvalue weighted by atomic mass is 9.95. The molecule has 0 saturated heterocycles. The van der Waals surface area contributed by atoms with Crippen molar-refractivity contribution in [1.82, 2.24) is 0 Å². The van der Waals surface area contributed by atoms with Crippen LogP contribution in [0.5, 0.6) is 0 Å². The zero-order valence-electron chi connectivity index (χ0n) is 11.4. The molecule has 0 N–H and O–H groups in total. The summed E-state index contributed by atoms with van der Waals surface area (Å²) in [7, 11) is 0. The predicted molar refractivity (Wildman–Crippen MR) is 82.3 cm³/mol. The lowest BCUT2D eigenvalue weighted by Gasteiger charge is -2.38. The van der Waals surface area contributed by atoms with Crippen molar-refractivity contribution in [3.63, 3.8) is 0 Å². The molecule has 0 saturated carbocycles. The number of hydrogen-bond donors (Lipinski definition) is 0. The molecule has 2 aromatic rings. The van der Waals surface area contributed by atoms with Gasteiger partial charge in [-0.1, -0.05) is 24.3 Å². The summed E-state index contributed by atoms with van der Waals surface area (Å²) in [6, 6.07) is 13.9. The van der Waals surface area contributed by atoms with Crippen LogP contribution >= 0.6 is 11.6 Å². The Balaban J connectivity index is 2.17. The molecule has 3 rings (SSSR count). The van der Waals surface area contributed by atoms with Gasteiger partial charge in [0.2, 0.25) is 0 Å². The lowest BCUT2D eigenvalue weighted by Crippen LogP contribution is -2.33. The average Bonchev–Trinajstić information content (AvgIpc) is 2.47. The maximum atomic E-state index is 14.0. The van der Waals surface area contributed by atoms with Crippen molar-refractivity contribution in [2.45, 2.75) is 31.7 Å². The van der Waals surface area contributed by atoms with E-state index in [1.165, 1.54) is 17.3 Å². The molecule has 1 unspecified atom stereocenters. The van der Waals surface area contributed by atoms with Crippen molar-refractivity contribution in [3.8, 4) is 0 Å². The summed E-state index contributed by atoms with van der Waals surface area (Å²) >= 11 is 5.96. The maximum Gasteiger partial charge on any atom is 0.129 e. The number of aryl methyl sites for hydroxylation is 1. The molecule has 0 spiro atoms. The third kappa shape index (κ3) is 2.18. The first kappa shape index (κ1) is 13.4. The molecule has 0 bridgehead atoms. The van der Waals surface area contributed by atoms with Crippen LogP contribution in [0.25, 0.3) is 0 Å². The normalized spacial score (nSPS) is 17.9. The summed E-state index contributed by atoms with van der Waals surface area (Å²) in [4.78, 5) is 2.22. The van der Waals surface area contributed by atoms with Gasteiger partial charge in [0.15, 0.2) is 0 Å². The Kier molecular flexibility index (Phi) is 3.66. The van der Waals surface area contributed by atoms with Gasteiger partial charge in [0.05, 0.1) is 5.88 Å². The highest BCUT2D eigenvalue weighted by Crippen LogP contribution is 2.39. The summed E-state index contributed by atoms with van der Waals surface area (Å²) in [5.74, 6) is -0.0410. The maximum absolute atomic E-state index is 14.0. The van der Waals surface area contributed by atoms with Gasteiger partial charge in [0, 0.05) is 23.0 Å². The van der Waals surface area contributed by atoms with Crippen LogP contribution in [0, 0.1) is 5.82 Å². The van der Waals surface area contributed by atoms with Crippen molar-refractivity contribution in [3.05, 3.63) is 59.4 Å². The van der Waals surface area contributed by atoms with E-state index in [0.29, 0.717) is 11.6 Å². The van der Waals surface area contributed by atoms with Gasteiger partial charge in [-0.15, -0.1) is 11.6 Å². The van der Waals surface area contributed by atoms with Gasteiger partial charge in [-0.2, -0.15) is 0 Å². The monoisotopic (exact) mass is 289 g/mol. The van der Waals surface area contributed by atoms with Gasteiger partial charge < -0.3 is 4.90 Å². The quantitative estimate of drug-likeness (QED) is 0.700. The van der Waals surface area contributed by atoms with Gasteiger partial charge in [0.1, 0.15) is 5.82 Å². The number of halogens is 2. The van der Waals surface area contributed by atoms with E-state index in [4.69, 9.17) is 11.6 Å². The highest BCUT2D eigenvalue weighted by atomic mass is 35.5. The van der Waals surface area contributed by atoms with E-state index < -0.39 is 0 Å². The fourth-order valence-electron chi connectivity index (χ4n) is 2.96. The molecule has 1 atom stereocenters. The van der Waals surface area contributed by atoms with Crippen LogP contribution in [0.15, 0.2) is 42.5 Å². The first-order chi connectivity index (χ1) is 9.72. The Bertz CT molecular complexity index is 626. The summed E-state index contributed by atoms with van der Waals surface area (Å²) in [5, 5.41) is 0. The Morgan fingerprint density at radius 2 is 1.90 bits per heavy atom. The Hall–Kier alpha value is -1.54. The highest BCUT2D eigenvalue weighted by Gasteiger charge is 2.26. The fourth-order valence-corrected chi connectivity index (χ4v) is 3.23. The van der Waals surface area contributed by atoms with Crippen LogP contribution in [0.4, 0.5) is 15.8 Å². The molecule has 0 aliphatic carbocycles. The van der Waals surface area contributed by atoms with Gasteiger partial charge in [-0.05, 0) is 43.5 Å². The first-order valence-electron chi connectivity index (χ1n) is 6.93. The minimum Gasteiger partial charge on any atom is -0.338 e. The number of benzene rings is 2. The van der Waals surface area contributed by atoms with Crippen molar-refractivity contribution in [2.24, 2.45) is 0 Å². The van der Waals surface area contributed by atoms with E-state index in [0.717, 1.165) is 18.5 Å². The molecule has 0 amide bonds. The molecular formula is C17H17ClFN. The van der Waals surface area contributed by atoms with Crippen molar-refractivity contribution in [2.75, 3.05) is 4.90 Å². The summed E-state index contributed by atoms with van der Waals surface area (Å²) in [6.45, 7) is 2.18. The van der Waals surface area contributed by atoms with E-state index in [1.54, 1.807) is 6.07 Å². The first-order valence-corrected chi connectivity index (χ1v) is 7.46. The van der Waals surface area contributed by atoms with Gasteiger partial charge >= 0.3 is 0 Å². The van der Waals surface area contributed by atoms with Crippen LogP contribution < -0.4 is 4.90 Å². The van der Waals surface area contributed by atoms with Gasteiger partial charge in [-0.3, -0.25) is 0 Å². The molecule has 1 aliphatic heterocycles. The number of hydrogen-bond acceptors (Lipinski definition) is 1. The minimum absolute atomic E-state index is 0.188. The third-order valence-corrected chi connectivity index (χ3v) is 4.28. The van der Waals surface area contributed by atoms with Crippen LogP contribution in [-0.4, -0.2) is 6.04 Å². The summed E-state index contributed by atoms with van der Waals surface area (Å²) in [6.07, 6.45) is 2.13. The van der Waals surface area contributed by atoms with Crippen LogP contribution in [0.3, 0.4) is 0 Å². The molecule has 1 aliphatic rings. The van der Waals surface area contributed by atoms with E-state index in [9.17, 15) is 4.39 Å². The lowest BCUT2D eigenvalue weighted by molar-refractivity contribution is 0.600. The minimum atomic E-state index is -0.229. The van der Waals surface area contributed by atoms with E-state index >= 15 is 0 Å². The zero-order chi connectivity index (χ0) is 14.1. The molecule has 20 heavy (non-hydrogen) atoms. The number of rotatable bonds is 2. The second kappa shape index (κ2) is 5.45. The topological polar surface area (TPSA) is 3.24 Å². The zero-order valence-corrected chi connectivity index (χ0v) is 12.2. The van der Waals surface area contributed by atoms with E-state index in [1.807, 2.05) is 12.1 Å². The molecule has 1 heterocycles. The molecule has 2 aromatic carbocycles. The van der Waals surface area contributed by atoms with Crippen molar-refractivity contribution < 1.29 is 4.39 Å². The van der Waals surface area contributed by atoms with Crippen LogP contribution in [-0.2, 0) is 12.3 Å². The number of alkyl halides is 1. The Morgan fingerprint density at radius 1 is 1.15 bits per heavy atom. The second-order valence-electron chi connectivity index (χ2n) is 5.26. The van der Waals surface area contributed by atoms with Crippen LogP contribution in [0.1, 0.15) is 24.5 Å². The molecule has 104 valence electrons.